The van der Waals surface area contributed by atoms with Crippen molar-refractivity contribution >= 4 is 27.5 Å². The van der Waals surface area contributed by atoms with Crippen molar-refractivity contribution in [2.24, 2.45) is 11.7 Å². The van der Waals surface area contributed by atoms with Crippen molar-refractivity contribution in [3.63, 3.8) is 0 Å². The van der Waals surface area contributed by atoms with Gasteiger partial charge in [0, 0.05) is 22.6 Å². The molecule has 2 rings (SSSR count). The highest BCUT2D eigenvalue weighted by Gasteiger charge is 2.24. The van der Waals surface area contributed by atoms with Gasteiger partial charge in [0.05, 0.1) is 5.69 Å². The Labute approximate surface area is 117 Å². The molecule has 0 radical (unpaired) electrons. The molecular weight excluding hydrogens is 290 g/mol. The SMILES string of the molecule is CC1CCN(c2ccc(C(=N)N)cc2Br)C(C)C1. The molecule has 1 aliphatic heterocycles. The zero-order valence-electron chi connectivity index (χ0n) is 10.9. The largest absolute Gasteiger partial charge is 0.384 e. The van der Waals surface area contributed by atoms with E-state index in [2.05, 4.69) is 40.7 Å². The van der Waals surface area contributed by atoms with E-state index >= 15 is 0 Å². The van der Waals surface area contributed by atoms with Gasteiger partial charge in [0.1, 0.15) is 5.84 Å². The van der Waals surface area contributed by atoms with Crippen LogP contribution in [-0.2, 0) is 0 Å². The van der Waals surface area contributed by atoms with Crippen molar-refractivity contribution in [1.29, 1.82) is 5.41 Å². The fraction of sp³-hybridized carbons (Fsp3) is 0.500. The lowest BCUT2D eigenvalue weighted by atomic mass is 9.93. The Morgan fingerprint density at radius 3 is 2.72 bits per heavy atom. The summed E-state index contributed by atoms with van der Waals surface area (Å²) in [6.45, 7) is 5.70. The first-order valence-corrected chi connectivity index (χ1v) is 7.19. The molecule has 0 saturated carbocycles. The predicted molar refractivity (Wildman–Crippen MR) is 80.4 cm³/mol. The van der Waals surface area contributed by atoms with Crippen molar-refractivity contribution in [1.82, 2.24) is 0 Å². The molecule has 1 aliphatic rings. The van der Waals surface area contributed by atoms with E-state index in [1.54, 1.807) is 0 Å². The molecule has 3 nitrogen and oxygen atoms in total. The first-order chi connectivity index (χ1) is 8.49. The van der Waals surface area contributed by atoms with Gasteiger partial charge >= 0.3 is 0 Å². The molecule has 1 aromatic rings. The van der Waals surface area contributed by atoms with Crippen molar-refractivity contribution in [3.8, 4) is 0 Å². The van der Waals surface area contributed by atoms with Crippen LogP contribution in [0.1, 0.15) is 32.3 Å². The summed E-state index contributed by atoms with van der Waals surface area (Å²) in [5, 5.41) is 7.46. The molecule has 2 unspecified atom stereocenters. The van der Waals surface area contributed by atoms with E-state index in [1.165, 1.54) is 18.5 Å². The molecule has 18 heavy (non-hydrogen) atoms. The second-order valence-electron chi connectivity index (χ2n) is 5.25. The summed E-state index contributed by atoms with van der Waals surface area (Å²) in [7, 11) is 0. The lowest BCUT2D eigenvalue weighted by Crippen LogP contribution is -2.40. The number of amidine groups is 1. The van der Waals surface area contributed by atoms with Gasteiger partial charge in [-0.15, -0.1) is 0 Å². The molecule has 98 valence electrons. The standard InChI is InChI=1S/C14H20BrN3/c1-9-5-6-18(10(2)7-9)13-4-3-11(14(16)17)8-12(13)15/h3-4,8-10H,5-7H2,1-2H3,(H3,16,17). The van der Waals surface area contributed by atoms with E-state index in [-0.39, 0.29) is 5.84 Å². The minimum atomic E-state index is 0.113. The van der Waals surface area contributed by atoms with E-state index < -0.39 is 0 Å². The number of halogens is 1. The smallest absolute Gasteiger partial charge is 0.122 e. The Bertz CT molecular complexity index is 458. The molecule has 4 heteroatoms. The molecule has 1 aromatic carbocycles. The number of benzene rings is 1. The fourth-order valence-corrected chi connectivity index (χ4v) is 3.28. The van der Waals surface area contributed by atoms with Gasteiger partial charge in [-0.2, -0.15) is 0 Å². The van der Waals surface area contributed by atoms with Gasteiger partial charge in [0.15, 0.2) is 0 Å². The molecular formula is C14H20BrN3. The highest BCUT2D eigenvalue weighted by molar-refractivity contribution is 9.10. The van der Waals surface area contributed by atoms with Gasteiger partial charge in [0.2, 0.25) is 0 Å². The van der Waals surface area contributed by atoms with Crippen molar-refractivity contribution in [2.75, 3.05) is 11.4 Å². The number of nitrogens with one attached hydrogen (secondary N) is 1. The summed E-state index contributed by atoms with van der Waals surface area (Å²) in [5.41, 5.74) is 7.48. The number of anilines is 1. The van der Waals surface area contributed by atoms with Gasteiger partial charge in [-0.3, -0.25) is 5.41 Å². The quantitative estimate of drug-likeness (QED) is 0.650. The van der Waals surface area contributed by atoms with E-state index in [4.69, 9.17) is 11.1 Å². The van der Waals surface area contributed by atoms with Crippen molar-refractivity contribution in [3.05, 3.63) is 28.2 Å². The second-order valence-corrected chi connectivity index (χ2v) is 6.11. The number of hydrogen-bond donors (Lipinski definition) is 2. The Kier molecular flexibility index (Phi) is 3.95. The highest BCUT2D eigenvalue weighted by Crippen LogP contribution is 2.33. The number of nitrogens with two attached hydrogens (primary N) is 1. The summed E-state index contributed by atoms with van der Waals surface area (Å²) in [4.78, 5) is 2.44. The summed E-state index contributed by atoms with van der Waals surface area (Å²) in [6.07, 6.45) is 2.48. The second kappa shape index (κ2) is 5.31. The number of nitrogens with zero attached hydrogens (tertiary/aromatic N) is 1. The Hall–Kier alpha value is -1.03. The average molecular weight is 310 g/mol. The maximum absolute atomic E-state index is 7.46. The van der Waals surface area contributed by atoms with Gasteiger partial charge in [-0.1, -0.05) is 6.92 Å². The number of hydrogen-bond acceptors (Lipinski definition) is 2. The van der Waals surface area contributed by atoms with Crippen LogP contribution in [0.5, 0.6) is 0 Å². The number of piperidine rings is 1. The zero-order chi connectivity index (χ0) is 13.3. The molecule has 3 N–H and O–H groups in total. The van der Waals surface area contributed by atoms with Crippen LogP contribution in [0, 0.1) is 11.3 Å². The zero-order valence-corrected chi connectivity index (χ0v) is 12.5. The van der Waals surface area contributed by atoms with E-state index in [0.29, 0.717) is 6.04 Å². The average Bonchev–Trinajstić information content (AvgIpc) is 2.30. The summed E-state index contributed by atoms with van der Waals surface area (Å²) >= 11 is 3.60. The lowest BCUT2D eigenvalue weighted by molar-refractivity contribution is 0.377. The van der Waals surface area contributed by atoms with Crippen LogP contribution in [-0.4, -0.2) is 18.4 Å². The van der Waals surface area contributed by atoms with E-state index in [9.17, 15) is 0 Å². The number of nitrogen functional groups attached to an aromatic ring is 1. The first-order valence-electron chi connectivity index (χ1n) is 6.39. The van der Waals surface area contributed by atoms with Crippen LogP contribution in [0.4, 0.5) is 5.69 Å². The van der Waals surface area contributed by atoms with Crippen LogP contribution in [0.3, 0.4) is 0 Å². The third-order valence-electron chi connectivity index (χ3n) is 3.71. The molecule has 0 spiro atoms. The van der Waals surface area contributed by atoms with Crippen LogP contribution < -0.4 is 10.6 Å². The highest BCUT2D eigenvalue weighted by atomic mass is 79.9. The summed E-state index contributed by atoms with van der Waals surface area (Å²) in [6, 6.07) is 6.48. The molecule has 0 bridgehead atoms. The van der Waals surface area contributed by atoms with Crippen molar-refractivity contribution in [2.45, 2.75) is 32.7 Å². The van der Waals surface area contributed by atoms with Gasteiger partial charge in [0.25, 0.3) is 0 Å². The van der Waals surface area contributed by atoms with Crippen LogP contribution in [0.2, 0.25) is 0 Å². The minimum Gasteiger partial charge on any atom is -0.384 e. The molecule has 0 aliphatic carbocycles. The third kappa shape index (κ3) is 2.69. The minimum absolute atomic E-state index is 0.113. The molecule has 1 heterocycles. The molecule has 0 aromatic heterocycles. The maximum Gasteiger partial charge on any atom is 0.122 e. The molecule has 2 atom stereocenters. The van der Waals surface area contributed by atoms with Crippen LogP contribution in [0.25, 0.3) is 0 Å². The first kappa shape index (κ1) is 13.4. The molecule has 1 saturated heterocycles. The van der Waals surface area contributed by atoms with Gasteiger partial charge in [-0.05, 0) is 59.8 Å². The number of rotatable bonds is 2. The maximum atomic E-state index is 7.46. The fourth-order valence-electron chi connectivity index (χ4n) is 2.67. The molecule has 0 amide bonds. The van der Waals surface area contributed by atoms with Gasteiger partial charge in [-0.25, -0.2) is 0 Å². The van der Waals surface area contributed by atoms with E-state index in [1.807, 2.05) is 12.1 Å². The monoisotopic (exact) mass is 309 g/mol. The predicted octanol–water partition coefficient (Wildman–Crippen LogP) is 3.36. The summed E-state index contributed by atoms with van der Waals surface area (Å²) < 4.78 is 1.02. The van der Waals surface area contributed by atoms with Crippen LogP contribution in [0.15, 0.2) is 22.7 Å². The Balaban J connectivity index is 2.26. The molecule has 1 fully saturated rings. The topological polar surface area (TPSA) is 53.1 Å². The summed E-state index contributed by atoms with van der Waals surface area (Å²) in [5.74, 6) is 0.925. The Morgan fingerprint density at radius 2 is 2.17 bits per heavy atom. The Morgan fingerprint density at radius 1 is 1.44 bits per heavy atom. The van der Waals surface area contributed by atoms with Crippen LogP contribution >= 0.6 is 15.9 Å². The van der Waals surface area contributed by atoms with Gasteiger partial charge < -0.3 is 10.6 Å². The third-order valence-corrected chi connectivity index (χ3v) is 4.34. The normalized spacial score (nSPS) is 24.1. The van der Waals surface area contributed by atoms with Crippen molar-refractivity contribution < 1.29 is 0 Å². The van der Waals surface area contributed by atoms with E-state index in [0.717, 1.165) is 22.5 Å². The lowest BCUT2D eigenvalue weighted by Gasteiger charge is -2.38.